The van der Waals surface area contributed by atoms with Crippen molar-refractivity contribution in [3.8, 4) is 0 Å². The summed E-state index contributed by atoms with van der Waals surface area (Å²) in [6.07, 6.45) is 1.44. The summed E-state index contributed by atoms with van der Waals surface area (Å²) in [5.74, 6) is -0.217. The van der Waals surface area contributed by atoms with Gasteiger partial charge in [-0.25, -0.2) is 0 Å². The van der Waals surface area contributed by atoms with Crippen LogP contribution in [0.1, 0.15) is 6.92 Å². The summed E-state index contributed by atoms with van der Waals surface area (Å²) in [6.45, 7) is 6.21. The lowest BCUT2D eigenvalue weighted by molar-refractivity contribution is -0.114. The van der Waals surface area contributed by atoms with Gasteiger partial charge in [0, 0.05) is 20.6 Å². The highest BCUT2D eigenvalue weighted by Gasteiger charge is 2.04. The van der Waals surface area contributed by atoms with Crippen molar-refractivity contribution in [2.75, 3.05) is 20.6 Å². The van der Waals surface area contributed by atoms with Gasteiger partial charge in [0.1, 0.15) is 5.71 Å². The van der Waals surface area contributed by atoms with E-state index in [9.17, 15) is 4.79 Å². The molecule has 0 atom stereocenters. The Morgan fingerprint density at radius 1 is 1.75 bits per heavy atom. The Bertz CT molecular complexity index is 198. The van der Waals surface area contributed by atoms with E-state index in [1.165, 1.54) is 6.08 Å². The molecule has 0 aromatic heterocycles. The molecule has 0 heterocycles. The quantitative estimate of drug-likeness (QED) is 0.483. The van der Waals surface area contributed by atoms with Crippen LogP contribution in [0.4, 0.5) is 0 Å². The molecule has 1 N–H and O–H groups in total. The molecule has 0 rings (SSSR count). The maximum absolute atomic E-state index is 11.1. The predicted molar refractivity (Wildman–Crippen MR) is 50.0 cm³/mol. The average Bonchev–Trinajstić information content (AvgIpc) is 2.12. The number of amides is 1. The van der Waals surface area contributed by atoms with Crippen LogP contribution >= 0.6 is 0 Å². The Balaban J connectivity index is 4.42. The standard InChI is InChI=1S/C8H15N3O/c1-5-7(8(12)9-3)10-11(4)6-2/h5H,1,6H2,2-4H3,(H,9,12)/b10-7+. The molecule has 0 bridgehead atoms. The predicted octanol–water partition coefficient (Wildman–Crippen LogP) is 0.226. The molecule has 0 saturated carbocycles. The number of rotatable bonds is 4. The SMILES string of the molecule is C=C/C(=N\N(C)CC)C(=O)NC. The van der Waals surface area contributed by atoms with Gasteiger partial charge in [-0.15, -0.1) is 0 Å². The Labute approximate surface area is 72.9 Å². The van der Waals surface area contributed by atoms with Gasteiger partial charge >= 0.3 is 0 Å². The van der Waals surface area contributed by atoms with Gasteiger partial charge in [0.2, 0.25) is 0 Å². The summed E-state index contributed by atoms with van der Waals surface area (Å²) in [6, 6.07) is 0. The summed E-state index contributed by atoms with van der Waals surface area (Å²) in [4.78, 5) is 11.1. The number of carbonyl (C=O) groups is 1. The van der Waals surface area contributed by atoms with E-state index in [1.54, 1.807) is 19.1 Å². The Kier molecular flexibility index (Phi) is 4.76. The normalized spacial score (nSPS) is 10.8. The zero-order valence-electron chi connectivity index (χ0n) is 7.79. The minimum absolute atomic E-state index is 0.217. The van der Waals surface area contributed by atoms with E-state index >= 15 is 0 Å². The third-order valence-electron chi connectivity index (χ3n) is 1.39. The largest absolute Gasteiger partial charge is 0.354 e. The van der Waals surface area contributed by atoms with Crippen molar-refractivity contribution < 1.29 is 4.79 Å². The molecule has 0 fully saturated rings. The van der Waals surface area contributed by atoms with E-state index in [4.69, 9.17) is 0 Å². The molecule has 0 aromatic carbocycles. The molecule has 0 aromatic rings. The molecule has 0 spiro atoms. The molecule has 0 saturated heterocycles. The van der Waals surface area contributed by atoms with Crippen LogP contribution in [0.2, 0.25) is 0 Å². The molecule has 68 valence electrons. The fourth-order valence-corrected chi connectivity index (χ4v) is 0.562. The first-order valence-electron chi connectivity index (χ1n) is 3.80. The Morgan fingerprint density at radius 3 is 2.67 bits per heavy atom. The fourth-order valence-electron chi connectivity index (χ4n) is 0.562. The fraction of sp³-hybridized carbons (Fsp3) is 0.500. The highest BCUT2D eigenvalue weighted by atomic mass is 16.1. The maximum atomic E-state index is 11.1. The smallest absolute Gasteiger partial charge is 0.271 e. The van der Waals surface area contributed by atoms with Gasteiger partial charge < -0.3 is 5.32 Å². The second kappa shape index (κ2) is 5.35. The average molecular weight is 169 g/mol. The van der Waals surface area contributed by atoms with Crippen LogP contribution in [0.3, 0.4) is 0 Å². The van der Waals surface area contributed by atoms with E-state index in [0.717, 1.165) is 6.54 Å². The van der Waals surface area contributed by atoms with Crippen molar-refractivity contribution >= 4 is 11.6 Å². The lowest BCUT2D eigenvalue weighted by Gasteiger charge is -2.10. The van der Waals surface area contributed by atoms with Crippen LogP contribution in [-0.4, -0.2) is 37.3 Å². The molecular weight excluding hydrogens is 154 g/mol. The second-order valence-electron chi connectivity index (χ2n) is 2.24. The van der Waals surface area contributed by atoms with E-state index in [0.29, 0.717) is 5.71 Å². The third-order valence-corrected chi connectivity index (χ3v) is 1.39. The molecule has 12 heavy (non-hydrogen) atoms. The Morgan fingerprint density at radius 2 is 2.33 bits per heavy atom. The highest BCUT2D eigenvalue weighted by Crippen LogP contribution is 1.87. The van der Waals surface area contributed by atoms with Crippen LogP contribution < -0.4 is 5.32 Å². The maximum Gasteiger partial charge on any atom is 0.271 e. The van der Waals surface area contributed by atoms with Crippen LogP contribution in [0.5, 0.6) is 0 Å². The van der Waals surface area contributed by atoms with Crippen molar-refractivity contribution in [1.82, 2.24) is 10.3 Å². The monoisotopic (exact) mass is 169 g/mol. The molecule has 0 unspecified atom stereocenters. The third kappa shape index (κ3) is 3.18. The summed E-state index contributed by atoms with van der Waals surface area (Å²) in [5.41, 5.74) is 0.335. The molecular formula is C8H15N3O. The number of hydrogen-bond donors (Lipinski definition) is 1. The van der Waals surface area contributed by atoms with Crippen molar-refractivity contribution in [2.24, 2.45) is 5.10 Å². The molecule has 0 aliphatic heterocycles. The molecule has 0 aliphatic rings. The van der Waals surface area contributed by atoms with Gasteiger partial charge in [0.15, 0.2) is 0 Å². The molecule has 4 nitrogen and oxygen atoms in total. The minimum atomic E-state index is -0.217. The van der Waals surface area contributed by atoms with Gasteiger partial charge in [-0.2, -0.15) is 5.10 Å². The van der Waals surface area contributed by atoms with Crippen molar-refractivity contribution in [3.63, 3.8) is 0 Å². The lowest BCUT2D eigenvalue weighted by atomic mass is 10.3. The molecule has 1 amide bonds. The lowest BCUT2D eigenvalue weighted by Crippen LogP contribution is -2.28. The summed E-state index contributed by atoms with van der Waals surface area (Å²) < 4.78 is 0. The van der Waals surface area contributed by atoms with Crippen LogP contribution in [0.25, 0.3) is 0 Å². The van der Waals surface area contributed by atoms with Gasteiger partial charge in [-0.1, -0.05) is 6.58 Å². The molecule has 0 radical (unpaired) electrons. The van der Waals surface area contributed by atoms with Gasteiger partial charge in [-0.05, 0) is 13.0 Å². The summed E-state index contributed by atoms with van der Waals surface area (Å²) in [7, 11) is 3.36. The van der Waals surface area contributed by atoms with Crippen LogP contribution in [0.15, 0.2) is 17.8 Å². The van der Waals surface area contributed by atoms with Gasteiger partial charge in [0.25, 0.3) is 5.91 Å². The van der Waals surface area contributed by atoms with E-state index in [1.807, 2.05) is 6.92 Å². The zero-order chi connectivity index (χ0) is 9.56. The number of nitrogens with one attached hydrogen (secondary N) is 1. The summed E-state index contributed by atoms with van der Waals surface area (Å²) >= 11 is 0. The number of nitrogens with zero attached hydrogens (tertiary/aromatic N) is 2. The van der Waals surface area contributed by atoms with Gasteiger partial charge in [-0.3, -0.25) is 9.80 Å². The van der Waals surface area contributed by atoms with E-state index < -0.39 is 0 Å². The number of hydrazone groups is 1. The summed E-state index contributed by atoms with van der Waals surface area (Å²) in [5, 5.41) is 8.15. The first kappa shape index (κ1) is 10.7. The topological polar surface area (TPSA) is 44.7 Å². The number of carbonyl (C=O) groups excluding carboxylic acids is 1. The highest BCUT2D eigenvalue weighted by molar-refractivity contribution is 6.43. The van der Waals surface area contributed by atoms with Crippen molar-refractivity contribution in [3.05, 3.63) is 12.7 Å². The van der Waals surface area contributed by atoms with E-state index in [2.05, 4.69) is 17.0 Å². The van der Waals surface area contributed by atoms with Gasteiger partial charge in [0.05, 0.1) is 0 Å². The van der Waals surface area contributed by atoms with Crippen LogP contribution in [-0.2, 0) is 4.79 Å². The first-order chi connectivity index (χ1) is 5.65. The zero-order valence-corrected chi connectivity index (χ0v) is 7.79. The van der Waals surface area contributed by atoms with Crippen LogP contribution in [0, 0.1) is 0 Å². The van der Waals surface area contributed by atoms with Crippen molar-refractivity contribution in [1.29, 1.82) is 0 Å². The second-order valence-corrected chi connectivity index (χ2v) is 2.24. The molecule has 0 aliphatic carbocycles. The number of hydrogen-bond acceptors (Lipinski definition) is 3. The van der Waals surface area contributed by atoms with E-state index in [-0.39, 0.29) is 5.91 Å². The molecule has 4 heteroatoms. The van der Waals surface area contributed by atoms with Crippen molar-refractivity contribution in [2.45, 2.75) is 6.92 Å². The first-order valence-corrected chi connectivity index (χ1v) is 3.80. The minimum Gasteiger partial charge on any atom is -0.354 e. The Hall–Kier alpha value is -1.32.